The monoisotopic (exact) mass is 678 g/mol. The summed E-state index contributed by atoms with van der Waals surface area (Å²) in [5.41, 5.74) is 5.21. The van der Waals surface area contributed by atoms with Gasteiger partial charge in [0.15, 0.2) is 0 Å². The van der Waals surface area contributed by atoms with Gasteiger partial charge in [0.2, 0.25) is 0 Å². The summed E-state index contributed by atoms with van der Waals surface area (Å²) in [4.78, 5) is 9.56. The van der Waals surface area contributed by atoms with Crippen LogP contribution in [0.25, 0.3) is 54.8 Å². The Bertz CT molecular complexity index is 2220. The second-order valence-corrected chi connectivity index (χ2v) is 13.2. The number of rotatable bonds is 2. The van der Waals surface area contributed by atoms with Crippen molar-refractivity contribution in [3.63, 3.8) is 0 Å². The molecule has 0 unspecified atom stereocenters. The first-order chi connectivity index (χ1) is 21.3. The van der Waals surface area contributed by atoms with Crippen LogP contribution in [0.4, 0.5) is 0 Å². The van der Waals surface area contributed by atoms with E-state index < -0.39 is 20.0 Å². The van der Waals surface area contributed by atoms with Crippen LogP contribution >= 0.6 is 0 Å². The Morgan fingerprint density at radius 3 is 1.29 bits per heavy atom. The van der Waals surface area contributed by atoms with Gasteiger partial charge in [-0.1, -0.05) is 97.1 Å². The maximum absolute atomic E-state index is 12.0. The van der Waals surface area contributed by atoms with Crippen molar-refractivity contribution in [3.8, 4) is 0 Å². The summed E-state index contributed by atoms with van der Waals surface area (Å²) in [6.07, 6.45) is 3.41. The fraction of sp³-hybridized carbons (Fsp3) is 0. The molecule has 6 aromatic rings. The third-order valence-electron chi connectivity index (χ3n) is 7.13. The van der Waals surface area contributed by atoms with Gasteiger partial charge in [-0.2, -0.15) is 0 Å². The molecule has 0 spiro atoms. The van der Waals surface area contributed by atoms with Crippen molar-refractivity contribution in [2.75, 3.05) is 0 Å². The molecule has 2 aliphatic rings. The SMILES string of the molecule is O=S1(=O)[N-]/C(=C\c2ccc3ccccc3n2)c2ccccc21.O=S1(=O)[N-]/C(=C\c2ccc3ccccc3n2)c2ccccc21.[Zn+2]. The largest absolute Gasteiger partial charge is 2.00 e. The van der Waals surface area contributed by atoms with Crippen LogP contribution in [0.3, 0.4) is 0 Å². The van der Waals surface area contributed by atoms with E-state index in [0.29, 0.717) is 33.9 Å². The molecule has 8 rings (SSSR count). The summed E-state index contributed by atoms with van der Waals surface area (Å²) < 4.78 is 55.9. The van der Waals surface area contributed by atoms with E-state index in [2.05, 4.69) is 19.4 Å². The van der Waals surface area contributed by atoms with Crippen molar-refractivity contribution < 1.29 is 36.3 Å². The van der Waals surface area contributed by atoms with E-state index in [-0.39, 0.29) is 29.3 Å². The molecule has 0 atom stereocenters. The van der Waals surface area contributed by atoms with Gasteiger partial charge in [0.25, 0.3) is 0 Å². The summed E-state index contributed by atoms with van der Waals surface area (Å²) in [6.45, 7) is 0. The Kier molecular flexibility index (Phi) is 8.09. The maximum atomic E-state index is 12.0. The molecule has 0 fully saturated rings. The Labute approximate surface area is 273 Å². The number of benzene rings is 4. The van der Waals surface area contributed by atoms with Crippen LogP contribution in [0.15, 0.2) is 131 Å². The van der Waals surface area contributed by atoms with Crippen molar-refractivity contribution >= 4 is 65.4 Å². The molecule has 2 aliphatic heterocycles. The van der Waals surface area contributed by atoms with Crippen LogP contribution in [-0.4, -0.2) is 26.8 Å². The predicted octanol–water partition coefficient (Wildman–Crippen LogP) is 7.62. The van der Waals surface area contributed by atoms with E-state index in [4.69, 9.17) is 0 Å². The third-order valence-corrected chi connectivity index (χ3v) is 9.83. The minimum Gasteiger partial charge on any atom is -0.572 e. The zero-order chi connectivity index (χ0) is 30.3. The van der Waals surface area contributed by atoms with Crippen molar-refractivity contribution in [2.45, 2.75) is 9.79 Å². The van der Waals surface area contributed by atoms with Gasteiger partial charge in [0, 0.05) is 10.8 Å². The van der Waals surface area contributed by atoms with Crippen molar-refractivity contribution in [2.24, 2.45) is 0 Å². The number of fused-ring (bicyclic) bond motifs is 4. The van der Waals surface area contributed by atoms with E-state index in [1.54, 1.807) is 60.7 Å². The average Bonchev–Trinajstić information content (AvgIpc) is 3.45. The summed E-state index contributed by atoms with van der Waals surface area (Å²) in [7, 11) is -7.18. The minimum absolute atomic E-state index is 0. The van der Waals surface area contributed by atoms with Crippen LogP contribution < -0.4 is 0 Å². The van der Waals surface area contributed by atoms with Gasteiger partial charge >= 0.3 is 19.5 Å². The van der Waals surface area contributed by atoms with Crippen molar-refractivity contribution in [1.29, 1.82) is 0 Å². The van der Waals surface area contributed by atoms with E-state index in [0.717, 1.165) is 21.8 Å². The van der Waals surface area contributed by atoms with Gasteiger partial charge in [0.1, 0.15) is 20.0 Å². The van der Waals surface area contributed by atoms with Gasteiger partial charge in [-0.05, 0) is 47.5 Å². The Morgan fingerprint density at radius 1 is 0.467 bits per heavy atom. The number of pyridine rings is 2. The molecule has 11 heteroatoms. The van der Waals surface area contributed by atoms with Crippen LogP contribution in [0.1, 0.15) is 22.5 Å². The topological polar surface area (TPSA) is 122 Å². The molecule has 0 bridgehead atoms. The van der Waals surface area contributed by atoms with Gasteiger partial charge in [-0.25, -0.2) is 26.8 Å². The van der Waals surface area contributed by atoms with Crippen molar-refractivity contribution in [3.05, 3.63) is 153 Å². The molecule has 2 aromatic heterocycles. The molecule has 8 nitrogen and oxygen atoms in total. The first kappa shape index (κ1) is 30.3. The first-order valence-corrected chi connectivity index (χ1v) is 16.4. The van der Waals surface area contributed by atoms with E-state index in [9.17, 15) is 16.8 Å². The van der Waals surface area contributed by atoms with E-state index >= 15 is 0 Å². The van der Waals surface area contributed by atoms with Gasteiger partial charge in [-0.3, -0.25) is 0 Å². The van der Waals surface area contributed by atoms with Gasteiger partial charge < -0.3 is 9.44 Å². The Hall–Kier alpha value is -4.70. The van der Waals surface area contributed by atoms with Crippen LogP contribution in [0, 0.1) is 0 Å². The van der Waals surface area contributed by atoms with E-state index in [1.165, 1.54) is 0 Å². The molecule has 216 valence electrons. The molecule has 0 radical (unpaired) electrons. The maximum Gasteiger partial charge on any atom is 2.00 e. The second kappa shape index (κ2) is 12.0. The summed E-state index contributed by atoms with van der Waals surface area (Å²) in [6, 6.07) is 36.9. The van der Waals surface area contributed by atoms with Gasteiger partial charge in [0.05, 0.1) is 32.2 Å². The average molecular weight is 680 g/mol. The molecule has 4 heterocycles. The standard InChI is InChI=1S/2C17H11N2O2S.Zn/c2*20-22(21)17-8-4-2-6-14(17)16(19-22)11-13-10-9-12-5-1-3-7-15(12)18-13;/h2*1-11H;/q2*-1;+2/b2*16-11-;. The summed E-state index contributed by atoms with van der Waals surface area (Å²) in [5, 5.41) is 2.09. The summed E-state index contributed by atoms with van der Waals surface area (Å²) in [5.74, 6) is 0. The van der Waals surface area contributed by atoms with Crippen LogP contribution in [0.5, 0.6) is 0 Å². The molecule has 0 saturated carbocycles. The normalized spacial score (nSPS) is 17.0. The molecular weight excluding hydrogens is 658 g/mol. The predicted molar refractivity (Wildman–Crippen MR) is 173 cm³/mol. The van der Waals surface area contributed by atoms with Crippen LogP contribution in [-0.2, 0) is 39.5 Å². The molecular formula is C34H22N4O4S2Zn. The molecule has 4 aromatic carbocycles. The number of hydrogen-bond acceptors (Lipinski definition) is 6. The second-order valence-electron chi connectivity index (χ2n) is 10.0. The van der Waals surface area contributed by atoms with Gasteiger partial charge in [-0.15, -0.1) is 11.4 Å². The zero-order valence-corrected chi connectivity index (χ0v) is 28.2. The number of para-hydroxylation sites is 2. The van der Waals surface area contributed by atoms with Crippen LogP contribution in [0.2, 0.25) is 0 Å². The number of aromatic nitrogens is 2. The van der Waals surface area contributed by atoms with Crippen molar-refractivity contribution in [1.82, 2.24) is 9.97 Å². The first-order valence-electron chi connectivity index (χ1n) is 13.6. The quantitative estimate of drug-likeness (QED) is 0.174. The Morgan fingerprint density at radius 2 is 0.844 bits per heavy atom. The number of nitrogens with zero attached hydrogens (tertiary/aromatic N) is 4. The van der Waals surface area contributed by atoms with E-state index in [1.807, 2.05) is 72.8 Å². The molecule has 0 N–H and O–H groups in total. The summed E-state index contributed by atoms with van der Waals surface area (Å²) >= 11 is 0. The zero-order valence-electron chi connectivity index (χ0n) is 23.6. The molecule has 0 saturated heterocycles. The molecule has 0 amide bonds. The fourth-order valence-corrected chi connectivity index (χ4v) is 7.49. The smallest absolute Gasteiger partial charge is 0.572 e. The molecule has 0 aliphatic carbocycles. The number of sulfonamides is 2. The minimum atomic E-state index is -3.59. The number of hydrogen-bond donors (Lipinski definition) is 0. The third kappa shape index (κ3) is 6.02. The Balaban J connectivity index is 0.000000155. The fourth-order valence-electron chi connectivity index (χ4n) is 5.07. The molecule has 45 heavy (non-hydrogen) atoms.